The second-order valence-electron chi connectivity index (χ2n) is 7.80. The Labute approximate surface area is 183 Å². The van der Waals surface area contributed by atoms with Crippen LogP contribution in [0, 0.1) is 20.8 Å². The van der Waals surface area contributed by atoms with Crippen molar-refractivity contribution in [2.24, 2.45) is 0 Å². The fourth-order valence-corrected chi connectivity index (χ4v) is 5.06. The lowest BCUT2D eigenvalue weighted by Crippen LogP contribution is -2.39. The number of allylic oxidation sites excluding steroid dienone is 1. The van der Waals surface area contributed by atoms with Gasteiger partial charge in [0, 0.05) is 17.5 Å². The average molecular weight is 433 g/mol. The monoisotopic (exact) mass is 432 g/mol. The summed E-state index contributed by atoms with van der Waals surface area (Å²) in [5.74, 6) is -0.507. The molecule has 158 valence electrons. The third-order valence-corrected chi connectivity index (χ3v) is 7.30. The number of anilines is 2. The largest absolute Gasteiger partial charge is 0.360 e. The van der Waals surface area contributed by atoms with Crippen LogP contribution in [0.5, 0.6) is 0 Å². The molecule has 0 saturated carbocycles. The van der Waals surface area contributed by atoms with E-state index < -0.39 is 15.8 Å². The van der Waals surface area contributed by atoms with E-state index in [1.54, 1.807) is 24.3 Å². The van der Waals surface area contributed by atoms with Crippen LogP contribution in [0.3, 0.4) is 0 Å². The summed E-state index contributed by atoms with van der Waals surface area (Å²) in [6.07, 6.45) is 1.31. The van der Waals surface area contributed by atoms with Crippen LogP contribution >= 0.6 is 0 Å². The topological polar surface area (TPSA) is 66.5 Å². The van der Waals surface area contributed by atoms with Gasteiger partial charge in [-0.15, -0.1) is 0 Å². The molecule has 3 aromatic rings. The van der Waals surface area contributed by atoms with Gasteiger partial charge in [0.2, 0.25) is 5.78 Å². The highest BCUT2D eigenvalue weighted by Gasteiger charge is 2.40. The van der Waals surface area contributed by atoms with Gasteiger partial charge in [-0.2, -0.15) is 0 Å². The van der Waals surface area contributed by atoms with Crippen LogP contribution in [0.15, 0.2) is 77.8 Å². The van der Waals surface area contributed by atoms with Crippen LogP contribution in [-0.2, 0) is 16.6 Å². The molecule has 1 heterocycles. The van der Waals surface area contributed by atoms with E-state index >= 15 is 0 Å². The molecule has 1 N–H and O–H groups in total. The Kier molecular flexibility index (Phi) is 5.41. The molecule has 0 saturated heterocycles. The van der Waals surface area contributed by atoms with Crippen LogP contribution < -0.4 is 9.62 Å². The number of carbonyl (C=O) groups is 1. The van der Waals surface area contributed by atoms with Crippen LogP contribution in [-0.4, -0.2) is 14.2 Å². The number of hydrogen-bond acceptors (Lipinski definition) is 4. The van der Waals surface area contributed by atoms with Gasteiger partial charge in [-0.1, -0.05) is 48.0 Å². The number of nitrogens with zero attached hydrogens (tertiary/aromatic N) is 1. The van der Waals surface area contributed by atoms with Crippen molar-refractivity contribution in [1.82, 2.24) is 0 Å². The molecule has 4 rings (SSSR count). The lowest BCUT2D eigenvalue weighted by atomic mass is 10.1. The number of carbonyl (C=O) groups excluding carboxylic acids is 1. The van der Waals surface area contributed by atoms with Crippen molar-refractivity contribution >= 4 is 27.2 Å². The smallest absolute Gasteiger partial charge is 0.270 e. The maximum Gasteiger partial charge on any atom is 0.270 e. The first-order valence-electron chi connectivity index (χ1n) is 10.0. The molecule has 0 amide bonds. The van der Waals surface area contributed by atoms with E-state index in [4.69, 9.17) is 0 Å². The first kappa shape index (κ1) is 20.9. The van der Waals surface area contributed by atoms with Gasteiger partial charge in [0.25, 0.3) is 10.0 Å². The lowest BCUT2D eigenvalue weighted by molar-refractivity contribution is 0.104. The SMILES string of the molecule is Cc1ccc(CN2c3ccccc3C(=O)/C(=C\Nc3ccc(C)c(C)c3)S2(=O)=O)cc1. The fourth-order valence-electron chi connectivity index (χ4n) is 3.53. The number of aryl methyl sites for hydroxylation is 3. The Balaban J connectivity index is 1.76. The number of benzene rings is 3. The normalized spacial score (nSPS) is 16.3. The molecule has 1 aliphatic rings. The molecule has 0 fully saturated rings. The predicted molar refractivity (Wildman–Crippen MR) is 125 cm³/mol. The number of hydrogen-bond donors (Lipinski definition) is 1. The minimum Gasteiger partial charge on any atom is -0.360 e. The molecule has 0 spiro atoms. The second-order valence-corrected chi connectivity index (χ2v) is 9.63. The van der Waals surface area contributed by atoms with E-state index in [0.29, 0.717) is 11.3 Å². The first-order chi connectivity index (χ1) is 14.8. The van der Waals surface area contributed by atoms with Gasteiger partial charge in [-0.05, 0) is 61.7 Å². The minimum atomic E-state index is -4.04. The summed E-state index contributed by atoms with van der Waals surface area (Å²) >= 11 is 0. The number of fused-ring (bicyclic) bond motifs is 1. The molecule has 0 radical (unpaired) electrons. The molecule has 0 bridgehead atoms. The van der Waals surface area contributed by atoms with Gasteiger partial charge in [0.15, 0.2) is 4.91 Å². The zero-order valence-electron chi connectivity index (χ0n) is 17.7. The van der Waals surface area contributed by atoms with Crippen molar-refractivity contribution in [2.45, 2.75) is 27.3 Å². The summed E-state index contributed by atoms with van der Waals surface area (Å²) in [6, 6.07) is 20.3. The van der Waals surface area contributed by atoms with Crippen molar-refractivity contribution in [3.8, 4) is 0 Å². The van der Waals surface area contributed by atoms with Crippen LogP contribution in [0.25, 0.3) is 0 Å². The summed E-state index contributed by atoms with van der Waals surface area (Å²) < 4.78 is 28.3. The molecule has 6 heteroatoms. The Hall–Kier alpha value is -3.38. The number of nitrogens with one attached hydrogen (secondary N) is 1. The number of para-hydroxylation sites is 1. The standard InChI is InChI=1S/C25H24N2O3S/c1-17-8-11-20(12-9-17)16-27-23-7-5-4-6-22(23)25(28)24(31(27,29)30)15-26-21-13-10-18(2)19(3)14-21/h4-15,26H,16H2,1-3H3/b24-15+. The zero-order chi connectivity index (χ0) is 22.2. The average Bonchev–Trinajstić information content (AvgIpc) is 2.75. The van der Waals surface area contributed by atoms with E-state index in [0.717, 1.165) is 27.9 Å². The van der Waals surface area contributed by atoms with Gasteiger partial charge >= 0.3 is 0 Å². The Morgan fingerprint density at radius 1 is 0.903 bits per heavy atom. The van der Waals surface area contributed by atoms with Crippen LogP contribution in [0.2, 0.25) is 0 Å². The molecular formula is C25H24N2O3S. The molecule has 31 heavy (non-hydrogen) atoms. The zero-order valence-corrected chi connectivity index (χ0v) is 18.5. The summed E-state index contributed by atoms with van der Waals surface area (Å²) in [5, 5.41) is 3.00. The summed E-state index contributed by atoms with van der Waals surface area (Å²) in [5.41, 5.74) is 5.65. The molecule has 1 aliphatic heterocycles. The number of sulfonamides is 1. The summed E-state index contributed by atoms with van der Waals surface area (Å²) in [6.45, 7) is 6.12. The van der Waals surface area contributed by atoms with Crippen LogP contribution in [0.4, 0.5) is 11.4 Å². The highest BCUT2D eigenvalue weighted by molar-refractivity contribution is 7.97. The third-order valence-electron chi connectivity index (χ3n) is 5.53. The maximum atomic E-state index is 13.5. The van der Waals surface area contributed by atoms with Crippen molar-refractivity contribution in [3.63, 3.8) is 0 Å². The van der Waals surface area contributed by atoms with E-state index in [-0.39, 0.29) is 11.4 Å². The van der Waals surface area contributed by atoms with Crippen molar-refractivity contribution < 1.29 is 13.2 Å². The Morgan fingerprint density at radius 2 is 1.61 bits per heavy atom. The highest BCUT2D eigenvalue weighted by atomic mass is 32.2. The van der Waals surface area contributed by atoms with Gasteiger partial charge < -0.3 is 5.32 Å². The van der Waals surface area contributed by atoms with Gasteiger partial charge in [0.1, 0.15) is 0 Å². The molecule has 0 unspecified atom stereocenters. The van der Waals surface area contributed by atoms with E-state index in [9.17, 15) is 13.2 Å². The lowest BCUT2D eigenvalue weighted by Gasteiger charge is -2.31. The maximum absolute atomic E-state index is 13.5. The Bertz CT molecular complexity index is 1290. The quantitative estimate of drug-likeness (QED) is 0.583. The van der Waals surface area contributed by atoms with E-state index in [1.807, 2.05) is 63.2 Å². The molecule has 0 aromatic heterocycles. The van der Waals surface area contributed by atoms with Gasteiger partial charge in [-0.25, -0.2) is 8.42 Å². The molecule has 3 aromatic carbocycles. The minimum absolute atomic E-state index is 0.147. The Morgan fingerprint density at radius 3 is 2.32 bits per heavy atom. The molecule has 0 atom stereocenters. The molecular weight excluding hydrogens is 408 g/mol. The number of Topliss-reactive ketones (excluding diaryl/α,β-unsaturated/α-hetero) is 1. The summed E-state index contributed by atoms with van der Waals surface area (Å²) in [4.78, 5) is 12.8. The van der Waals surface area contributed by atoms with E-state index in [2.05, 4.69) is 5.32 Å². The molecule has 0 aliphatic carbocycles. The number of ketones is 1. The van der Waals surface area contributed by atoms with Crippen molar-refractivity contribution in [1.29, 1.82) is 0 Å². The van der Waals surface area contributed by atoms with Crippen molar-refractivity contribution in [2.75, 3.05) is 9.62 Å². The summed E-state index contributed by atoms with van der Waals surface area (Å²) in [7, 11) is -4.04. The van der Waals surface area contributed by atoms with E-state index in [1.165, 1.54) is 10.5 Å². The molecule has 5 nitrogen and oxygen atoms in total. The highest BCUT2D eigenvalue weighted by Crippen LogP contribution is 2.36. The number of rotatable bonds is 4. The fraction of sp³-hybridized carbons (Fsp3) is 0.160. The third kappa shape index (κ3) is 3.99. The first-order valence-corrected chi connectivity index (χ1v) is 11.5. The van der Waals surface area contributed by atoms with Crippen molar-refractivity contribution in [3.05, 3.63) is 106 Å². The van der Waals surface area contributed by atoms with Gasteiger partial charge in [-0.3, -0.25) is 9.10 Å². The van der Waals surface area contributed by atoms with Gasteiger partial charge in [0.05, 0.1) is 12.2 Å². The second kappa shape index (κ2) is 8.04. The van der Waals surface area contributed by atoms with Crippen LogP contribution in [0.1, 0.15) is 32.6 Å². The predicted octanol–water partition coefficient (Wildman–Crippen LogP) is 5.10.